The molecule has 7 N–H and O–H groups in total. The van der Waals surface area contributed by atoms with E-state index in [9.17, 15) is 14.4 Å². The van der Waals surface area contributed by atoms with Gasteiger partial charge >= 0.3 is 5.97 Å². The van der Waals surface area contributed by atoms with Crippen LogP contribution in [0.1, 0.15) is 167 Å². The standard InChI is InChI=1S/C33H41N3O2Si.C27H33N3O.C14H20N2.C13H15NO2.C6H10O2Si.CH4/c1-5-6-9-26-20-28-27-10-7-8-11-29(27)34-31(28)32(36(26)30(37)16-19-39(2,3)4)24-12-14-25(15-13-24)35-18-17-33(21-35)22-38-23-33;1-2-3-6-20-15-23-22-7-4-5-8-24(22)29-26(23)25(28-20)19-9-11-21(12-10-19)30-14-13-27(16-30)17-31-18-27;1-2-3-6-12(15)9-11-10-16-14-8-5-4-7-13(11)14;15-7-11-1-3-12(4-2-11)14-6-5-13(8-14)9-16-10-13;1-9(2,3)5-4-6(7)8;/h7-8,10-15,26,32,34H,5-6,9,17-18,20-23H2,1-4H3;4-5,7-12,20,25,28-29H,2-3,6,13-18H2,1H3;4-5,7-8,10,12,16H,2-3,6,9,15H2,1H3;1-4,7H,5-6,8-10H2;1-3H3,(H,7,8);1H4/t26-,32-;20-,25-;12-;;;/m000.../s1. The molecule has 0 bridgehead atoms. The number of nitrogens with one attached hydrogen (secondary N) is 4. The summed E-state index contributed by atoms with van der Waals surface area (Å²) in [6, 6.07) is 52.9. The second kappa shape index (κ2) is 36.6. The number of amides is 1. The lowest BCUT2D eigenvalue weighted by atomic mass is 9.85. The zero-order valence-corrected chi connectivity index (χ0v) is 69.3. The maximum Gasteiger partial charge on any atom is 0.381 e. The number of carbonyl (C=O) groups is 3. The number of carboxylic acid groups (broad SMARTS) is 1. The second-order valence-corrected chi connectivity index (χ2v) is 44.5. The van der Waals surface area contributed by atoms with Crippen LogP contribution in [0, 0.1) is 39.2 Å². The Morgan fingerprint density at radius 3 is 1.49 bits per heavy atom. The van der Waals surface area contributed by atoms with Gasteiger partial charge in [-0.05, 0) is 158 Å². The number of rotatable bonds is 17. The van der Waals surface area contributed by atoms with Gasteiger partial charge in [-0.15, -0.1) is 11.1 Å². The number of unbranched alkanes of at least 4 members (excludes halogenated alkanes) is 3. The molecule has 0 radical (unpaired) electrons. The third kappa shape index (κ3) is 19.9. The maximum atomic E-state index is 14.0. The highest BCUT2D eigenvalue weighted by Gasteiger charge is 2.47. The largest absolute Gasteiger partial charge is 0.472 e. The number of hydrogen-bond donors (Lipinski definition) is 6. The molecule has 0 aliphatic carbocycles. The van der Waals surface area contributed by atoms with Gasteiger partial charge in [0.15, 0.2) is 0 Å². The van der Waals surface area contributed by atoms with Gasteiger partial charge in [0.2, 0.25) is 0 Å². The average molecular weight is 1550 g/mol. The minimum atomic E-state index is -1.69. The number of para-hydroxylation sites is 3. The smallest absolute Gasteiger partial charge is 0.381 e. The number of aldehydes is 1. The fraction of sp³-hybridized carbons (Fsp3) is 0.479. The van der Waals surface area contributed by atoms with Gasteiger partial charge in [0.05, 0.1) is 51.7 Å². The minimum absolute atomic E-state index is 0. The predicted octanol–water partition coefficient (Wildman–Crippen LogP) is 18.0. The number of anilines is 3. The molecule has 0 unspecified atom stereocenters. The number of benzene rings is 6. The zero-order chi connectivity index (χ0) is 77.9. The van der Waals surface area contributed by atoms with Crippen LogP contribution >= 0.6 is 0 Å². The molecule has 8 aliphatic rings. The number of hydrogen-bond acceptors (Lipinski definition) is 11. The molecule has 11 heterocycles. The van der Waals surface area contributed by atoms with Gasteiger partial charge in [0.25, 0.3) is 5.91 Å². The van der Waals surface area contributed by atoms with Crippen molar-refractivity contribution in [2.24, 2.45) is 22.0 Å². The van der Waals surface area contributed by atoms with Crippen LogP contribution in [0.25, 0.3) is 32.7 Å². The second-order valence-electron chi connectivity index (χ2n) is 35.0. The molecular weight excluding hydrogens is 1420 g/mol. The molecule has 6 aromatic carbocycles. The molecule has 16 nitrogen and oxygen atoms in total. The zero-order valence-electron chi connectivity index (χ0n) is 67.3. The van der Waals surface area contributed by atoms with Crippen molar-refractivity contribution in [2.45, 2.75) is 194 Å². The van der Waals surface area contributed by atoms with E-state index in [1.54, 1.807) is 0 Å². The Morgan fingerprint density at radius 2 is 1.03 bits per heavy atom. The van der Waals surface area contributed by atoms with Crippen LogP contribution in [0.2, 0.25) is 39.3 Å². The van der Waals surface area contributed by atoms with E-state index in [0.29, 0.717) is 28.3 Å². The van der Waals surface area contributed by atoms with Crippen molar-refractivity contribution in [2.75, 3.05) is 93.6 Å². The van der Waals surface area contributed by atoms with E-state index in [2.05, 4.69) is 231 Å². The van der Waals surface area contributed by atoms with Crippen molar-refractivity contribution >= 4 is 84.1 Å². The first-order valence-electron chi connectivity index (χ1n) is 41.2. The number of aliphatic carboxylic acids is 1. The van der Waals surface area contributed by atoms with Crippen LogP contribution in [0.5, 0.6) is 0 Å². The Bertz CT molecular complexity index is 4770. The highest BCUT2D eigenvalue weighted by molar-refractivity contribution is 6.84. The highest BCUT2D eigenvalue weighted by Crippen LogP contribution is 2.46. The number of aromatic nitrogens is 3. The molecule has 112 heavy (non-hydrogen) atoms. The van der Waals surface area contributed by atoms with E-state index < -0.39 is 22.1 Å². The lowest BCUT2D eigenvalue weighted by molar-refractivity contribution is -0.131. The van der Waals surface area contributed by atoms with Gasteiger partial charge in [-0.1, -0.05) is 185 Å². The summed E-state index contributed by atoms with van der Waals surface area (Å²) in [4.78, 5) is 54.7. The molecule has 594 valence electrons. The van der Waals surface area contributed by atoms with Crippen LogP contribution in [0.3, 0.4) is 0 Å². The summed E-state index contributed by atoms with van der Waals surface area (Å²) in [5.74, 6) is 4.15. The molecule has 1 amide bonds. The first-order chi connectivity index (χ1) is 53.6. The lowest BCUT2D eigenvalue weighted by Gasteiger charge is -2.42. The van der Waals surface area contributed by atoms with Gasteiger partial charge in [0, 0.05) is 152 Å². The molecule has 6 saturated heterocycles. The van der Waals surface area contributed by atoms with Gasteiger partial charge in [0.1, 0.15) is 22.4 Å². The molecule has 6 fully saturated rings. The Labute approximate surface area is 668 Å². The van der Waals surface area contributed by atoms with E-state index in [4.69, 9.17) is 25.1 Å². The van der Waals surface area contributed by atoms with Crippen molar-refractivity contribution < 1.29 is 33.7 Å². The summed E-state index contributed by atoms with van der Waals surface area (Å²) in [5.41, 5.74) is 30.8. The molecule has 18 heteroatoms. The van der Waals surface area contributed by atoms with E-state index in [1.807, 2.05) is 43.9 Å². The minimum Gasteiger partial charge on any atom is -0.472 e. The fourth-order valence-electron chi connectivity index (χ4n) is 17.4. The van der Waals surface area contributed by atoms with Crippen LogP contribution in [0.4, 0.5) is 17.1 Å². The number of carboxylic acids is 1. The predicted molar refractivity (Wildman–Crippen MR) is 465 cm³/mol. The monoisotopic (exact) mass is 1550 g/mol. The Morgan fingerprint density at radius 1 is 0.571 bits per heavy atom. The van der Waals surface area contributed by atoms with Crippen molar-refractivity contribution in [1.29, 1.82) is 0 Å². The van der Waals surface area contributed by atoms with Crippen molar-refractivity contribution in [3.8, 4) is 22.9 Å². The first kappa shape index (κ1) is 82.8. The molecule has 0 saturated carbocycles. The maximum absolute atomic E-state index is 14.0. The summed E-state index contributed by atoms with van der Waals surface area (Å²) in [5, 5.41) is 16.1. The third-order valence-electron chi connectivity index (χ3n) is 23.7. The van der Waals surface area contributed by atoms with E-state index >= 15 is 0 Å². The van der Waals surface area contributed by atoms with E-state index in [-0.39, 0.29) is 31.5 Å². The normalized spacial score (nSPS) is 20.2. The summed E-state index contributed by atoms with van der Waals surface area (Å²) in [6.07, 6.45) is 20.2. The molecular formula is C94H123N9O7Si2. The summed E-state index contributed by atoms with van der Waals surface area (Å²) >= 11 is 0. The summed E-state index contributed by atoms with van der Waals surface area (Å²) in [7, 11) is -3.16. The average Bonchev–Trinajstić information content (AvgIpc) is 1.56. The van der Waals surface area contributed by atoms with Crippen LogP contribution in [-0.2, 0) is 43.1 Å². The third-order valence-corrected chi connectivity index (χ3v) is 25.5. The SMILES string of the molecule is C.CCCC[C@H](N)Cc1c[nH]c2ccccc12.CCCC[C@H]1Cc2c([nH]c3ccccc23)[C@H](c2ccc(N3CCC4(COC4)C3)cc2)N1.CCCC[C@H]1Cc2c([nH]c3ccccc23)[C@H](c2ccc(N3CCC4(COC4)C3)cc2)N1C(=O)C#C[Si](C)(C)C.C[Si](C)(C)C#CC(=O)O.O=Cc1ccc(N2CCC3(COC3)C2)cc1. The molecule has 8 aliphatic heterocycles. The topological polar surface area (TPSA) is 198 Å². The molecule has 3 spiro atoms. The Kier molecular flexibility index (Phi) is 27.1. The number of ether oxygens (including phenoxy) is 3. The van der Waals surface area contributed by atoms with Crippen LogP contribution in [0.15, 0.2) is 152 Å². The number of aromatic amines is 3. The van der Waals surface area contributed by atoms with Crippen molar-refractivity contribution in [3.63, 3.8) is 0 Å². The number of nitrogens with zero attached hydrogens (tertiary/aromatic N) is 4. The highest BCUT2D eigenvalue weighted by atomic mass is 28.3. The number of carbonyl (C=O) groups excluding carboxylic acids is 2. The van der Waals surface area contributed by atoms with E-state index in [1.165, 1.54) is 124 Å². The number of fused-ring (bicyclic) bond motifs is 7. The van der Waals surface area contributed by atoms with Gasteiger partial charge in [-0.3, -0.25) is 9.59 Å². The molecule has 9 aromatic rings. The fourth-order valence-corrected chi connectivity index (χ4v) is 18.4. The molecule has 17 rings (SSSR count). The molecule has 5 atom stereocenters. The van der Waals surface area contributed by atoms with E-state index in [0.717, 1.165) is 152 Å². The Hall–Kier alpha value is -8.70. The number of nitrogens with two attached hydrogens (primary N) is 1. The van der Waals surface area contributed by atoms with Crippen molar-refractivity contribution in [3.05, 3.63) is 197 Å². The first-order valence-corrected chi connectivity index (χ1v) is 48.2. The summed E-state index contributed by atoms with van der Waals surface area (Å²) < 4.78 is 16.3. The van der Waals surface area contributed by atoms with Crippen LogP contribution in [-0.4, -0.2) is 156 Å². The van der Waals surface area contributed by atoms with Crippen LogP contribution < -0.4 is 25.8 Å². The summed E-state index contributed by atoms with van der Waals surface area (Å²) in [6.45, 7) is 31.4. The van der Waals surface area contributed by atoms with Gasteiger partial charge in [-0.25, -0.2) is 4.79 Å². The molecule has 3 aromatic heterocycles. The number of H-pyrrole nitrogens is 3. The Balaban J connectivity index is 0.000000141. The van der Waals surface area contributed by atoms with Crippen molar-refractivity contribution in [1.82, 2.24) is 25.2 Å². The quantitative estimate of drug-likeness (QED) is 0.0287. The van der Waals surface area contributed by atoms with Gasteiger partial charge in [-0.2, -0.15) is 0 Å². The van der Waals surface area contributed by atoms with Gasteiger partial charge < -0.3 is 64.9 Å². The lowest BCUT2D eigenvalue weighted by Crippen LogP contribution is -2.47.